The molecule has 0 saturated heterocycles. The number of carbonyl (C=O) groups excluding carboxylic acids is 1. The van der Waals surface area contributed by atoms with Crippen LogP contribution < -0.4 is 15.4 Å². The number of hydrogen-bond acceptors (Lipinski definition) is 6. The molecule has 7 nitrogen and oxygen atoms in total. The van der Waals surface area contributed by atoms with E-state index in [-0.39, 0.29) is 18.6 Å². The molecule has 1 amide bonds. The van der Waals surface area contributed by atoms with Crippen LogP contribution in [-0.2, 0) is 17.6 Å². The van der Waals surface area contributed by atoms with Gasteiger partial charge in [0.15, 0.2) is 6.61 Å². The lowest BCUT2D eigenvalue weighted by atomic mass is 10.1. The zero-order valence-electron chi connectivity index (χ0n) is 14.1. The van der Waals surface area contributed by atoms with Gasteiger partial charge in [-0.15, -0.1) is 5.10 Å². The summed E-state index contributed by atoms with van der Waals surface area (Å²) in [6.07, 6.45) is 1.65. The average Bonchev–Trinajstić information content (AvgIpc) is 2.60. The topological polar surface area (TPSA) is 89.0 Å². The Morgan fingerprint density at radius 1 is 1.25 bits per heavy atom. The molecule has 0 saturated carbocycles. The molecular formula is C17H21N5O2. The van der Waals surface area contributed by atoms with Gasteiger partial charge < -0.3 is 15.4 Å². The van der Waals surface area contributed by atoms with Crippen LogP contribution in [0.25, 0.3) is 0 Å². The van der Waals surface area contributed by atoms with Crippen molar-refractivity contribution < 1.29 is 9.53 Å². The van der Waals surface area contributed by atoms with Crippen molar-refractivity contribution in [2.24, 2.45) is 0 Å². The lowest BCUT2D eigenvalue weighted by Gasteiger charge is -2.21. The molecule has 1 aromatic heterocycles. The second-order valence-corrected chi connectivity index (χ2v) is 5.69. The fourth-order valence-electron chi connectivity index (χ4n) is 2.65. The molecule has 1 aliphatic rings. The molecule has 126 valence electrons. The van der Waals surface area contributed by atoms with Crippen LogP contribution in [0.15, 0.2) is 18.2 Å². The van der Waals surface area contributed by atoms with Gasteiger partial charge in [-0.05, 0) is 37.5 Å². The largest absolute Gasteiger partial charge is 0.482 e. The number of aromatic nitrogens is 3. The number of nitrogens with one attached hydrogen (secondary N) is 2. The highest BCUT2D eigenvalue weighted by Gasteiger charge is 2.18. The highest BCUT2D eigenvalue weighted by atomic mass is 16.5. The van der Waals surface area contributed by atoms with Crippen LogP contribution in [0.3, 0.4) is 0 Å². The number of carbonyl (C=O) groups is 1. The Bertz CT molecular complexity index is 763. The minimum atomic E-state index is -0.143. The van der Waals surface area contributed by atoms with Gasteiger partial charge >= 0.3 is 0 Å². The molecular weight excluding hydrogens is 306 g/mol. The molecule has 0 fully saturated rings. The van der Waals surface area contributed by atoms with E-state index in [2.05, 4.69) is 32.7 Å². The SMILES string of the molecule is CCc1nnc(NC(C)c2ccc3c(c2)NC(=O)CO3)nc1CC. The first-order chi connectivity index (χ1) is 11.6. The molecule has 0 radical (unpaired) electrons. The summed E-state index contributed by atoms with van der Waals surface area (Å²) in [6, 6.07) is 5.69. The third kappa shape index (κ3) is 3.29. The van der Waals surface area contributed by atoms with Crippen LogP contribution in [0.1, 0.15) is 43.8 Å². The van der Waals surface area contributed by atoms with Crippen LogP contribution >= 0.6 is 0 Å². The number of fused-ring (bicyclic) bond motifs is 1. The number of hydrogen-bond donors (Lipinski definition) is 2. The first kappa shape index (κ1) is 16.2. The second-order valence-electron chi connectivity index (χ2n) is 5.69. The molecule has 2 aromatic rings. The lowest BCUT2D eigenvalue weighted by molar-refractivity contribution is -0.118. The van der Waals surface area contributed by atoms with Gasteiger partial charge in [-0.1, -0.05) is 19.9 Å². The van der Waals surface area contributed by atoms with Crippen molar-refractivity contribution in [3.05, 3.63) is 35.2 Å². The predicted molar refractivity (Wildman–Crippen MR) is 91.2 cm³/mol. The monoisotopic (exact) mass is 327 g/mol. The number of ether oxygens (including phenoxy) is 1. The van der Waals surface area contributed by atoms with Gasteiger partial charge in [0.1, 0.15) is 5.75 Å². The Morgan fingerprint density at radius 2 is 2.04 bits per heavy atom. The van der Waals surface area contributed by atoms with E-state index >= 15 is 0 Å². The van der Waals surface area contributed by atoms with Crippen LogP contribution in [-0.4, -0.2) is 27.7 Å². The minimum Gasteiger partial charge on any atom is -0.482 e. The molecule has 0 bridgehead atoms. The summed E-state index contributed by atoms with van der Waals surface area (Å²) < 4.78 is 5.38. The van der Waals surface area contributed by atoms with Gasteiger partial charge in [-0.3, -0.25) is 4.79 Å². The maximum absolute atomic E-state index is 11.4. The molecule has 0 aliphatic carbocycles. The number of anilines is 2. The van der Waals surface area contributed by atoms with E-state index in [9.17, 15) is 4.79 Å². The van der Waals surface area contributed by atoms with Crippen molar-refractivity contribution >= 4 is 17.5 Å². The van der Waals surface area contributed by atoms with Crippen LogP contribution in [0.4, 0.5) is 11.6 Å². The highest BCUT2D eigenvalue weighted by molar-refractivity contribution is 5.95. The van der Waals surface area contributed by atoms with Gasteiger partial charge in [0, 0.05) is 0 Å². The smallest absolute Gasteiger partial charge is 0.262 e. The summed E-state index contributed by atoms with van der Waals surface area (Å²) in [5.74, 6) is 1.05. The Morgan fingerprint density at radius 3 is 2.79 bits per heavy atom. The normalized spacial score (nSPS) is 14.4. The summed E-state index contributed by atoms with van der Waals surface area (Å²) in [7, 11) is 0. The van der Waals surface area contributed by atoms with Gasteiger partial charge in [0.2, 0.25) is 5.95 Å². The average molecular weight is 327 g/mol. The van der Waals surface area contributed by atoms with E-state index in [1.54, 1.807) is 0 Å². The van der Waals surface area contributed by atoms with E-state index in [0.717, 1.165) is 29.8 Å². The molecule has 1 unspecified atom stereocenters. The summed E-state index contributed by atoms with van der Waals surface area (Å²) in [5.41, 5.74) is 3.59. The van der Waals surface area contributed by atoms with E-state index in [1.165, 1.54) is 0 Å². The van der Waals surface area contributed by atoms with Crippen molar-refractivity contribution in [3.63, 3.8) is 0 Å². The molecule has 1 aromatic carbocycles. The summed E-state index contributed by atoms with van der Waals surface area (Å²) in [6.45, 7) is 6.17. The van der Waals surface area contributed by atoms with Crippen LogP contribution in [0, 0.1) is 0 Å². The lowest BCUT2D eigenvalue weighted by Crippen LogP contribution is -2.25. The number of rotatable bonds is 5. The van der Waals surface area contributed by atoms with Crippen molar-refractivity contribution in [1.82, 2.24) is 15.2 Å². The molecule has 1 atom stereocenters. The maximum Gasteiger partial charge on any atom is 0.262 e. The van der Waals surface area contributed by atoms with Gasteiger partial charge in [0.25, 0.3) is 5.91 Å². The van der Waals surface area contributed by atoms with E-state index in [1.807, 2.05) is 32.0 Å². The number of amides is 1. The molecule has 2 heterocycles. The fourth-order valence-corrected chi connectivity index (χ4v) is 2.65. The van der Waals surface area contributed by atoms with Crippen molar-refractivity contribution in [2.75, 3.05) is 17.2 Å². The van der Waals surface area contributed by atoms with E-state index in [4.69, 9.17) is 4.74 Å². The van der Waals surface area contributed by atoms with Crippen LogP contribution in [0.5, 0.6) is 5.75 Å². The van der Waals surface area contributed by atoms with Gasteiger partial charge in [-0.2, -0.15) is 5.10 Å². The number of aryl methyl sites for hydroxylation is 2. The third-order valence-electron chi connectivity index (χ3n) is 3.99. The second kappa shape index (κ2) is 6.82. The number of benzene rings is 1. The molecule has 2 N–H and O–H groups in total. The summed E-state index contributed by atoms with van der Waals surface area (Å²) >= 11 is 0. The summed E-state index contributed by atoms with van der Waals surface area (Å²) in [4.78, 5) is 16.0. The van der Waals surface area contributed by atoms with Crippen LogP contribution in [0.2, 0.25) is 0 Å². The fraction of sp³-hybridized carbons (Fsp3) is 0.412. The zero-order chi connectivity index (χ0) is 17.1. The first-order valence-corrected chi connectivity index (χ1v) is 8.16. The Labute approximate surface area is 140 Å². The quantitative estimate of drug-likeness (QED) is 0.877. The Kier molecular flexibility index (Phi) is 4.59. The van der Waals surface area contributed by atoms with Crippen molar-refractivity contribution in [1.29, 1.82) is 0 Å². The maximum atomic E-state index is 11.4. The molecule has 0 spiro atoms. The van der Waals surface area contributed by atoms with Gasteiger partial charge in [-0.25, -0.2) is 4.98 Å². The first-order valence-electron chi connectivity index (χ1n) is 8.16. The van der Waals surface area contributed by atoms with Gasteiger partial charge in [0.05, 0.1) is 23.1 Å². The third-order valence-corrected chi connectivity index (χ3v) is 3.99. The standard InChI is InChI=1S/C17H21N5O2/c1-4-12-13(5-2)21-22-17(20-12)18-10(3)11-6-7-15-14(8-11)19-16(23)9-24-15/h6-8,10H,4-5,9H2,1-3H3,(H,19,23)(H,18,20,22). The minimum absolute atomic E-state index is 0.0342. The highest BCUT2D eigenvalue weighted by Crippen LogP contribution is 2.31. The summed E-state index contributed by atoms with van der Waals surface area (Å²) in [5, 5.41) is 14.5. The van der Waals surface area contributed by atoms with Crippen molar-refractivity contribution in [2.45, 2.75) is 39.7 Å². The Balaban J connectivity index is 1.79. The molecule has 1 aliphatic heterocycles. The Hall–Kier alpha value is -2.70. The van der Waals surface area contributed by atoms with Crippen molar-refractivity contribution in [3.8, 4) is 5.75 Å². The molecule has 3 rings (SSSR count). The number of nitrogens with zero attached hydrogens (tertiary/aromatic N) is 3. The van der Waals surface area contributed by atoms with E-state index < -0.39 is 0 Å². The molecule has 7 heteroatoms. The predicted octanol–water partition coefficient (Wildman–Crippen LogP) is 2.50. The zero-order valence-corrected chi connectivity index (χ0v) is 14.1. The molecule has 24 heavy (non-hydrogen) atoms. The van der Waals surface area contributed by atoms with E-state index in [0.29, 0.717) is 17.4 Å².